The van der Waals surface area contributed by atoms with Crippen molar-refractivity contribution in [2.24, 2.45) is 16.7 Å². The van der Waals surface area contributed by atoms with E-state index in [1.165, 1.54) is 13.4 Å². The first-order valence-electron chi connectivity index (χ1n) is 8.19. The Labute approximate surface area is 155 Å². The van der Waals surface area contributed by atoms with Crippen LogP contribution in [-0.2, 0) is 10.2 Å². The van der Waals surface area contributed by atoms with Gasteiger partial charge in [-0.15, -0.1) is 0 Å². The molecule has 6 N–H and O–H groups in total. The van der Waals surface area contributed by atoms with E-state index in [-0.39, 0.29) is 6.42 Å². The first-order valence-corrected chi connectivity index (χ1v) is 8.19. The van der Waals surface area contributed by atoms with Crippen LogP contribution in [0.1, 0.15) is 22.3 Å². The topological polar surface area (TPSA) is 140 Å². The highest BCUT2D eigenvalue weighted by molar-refractivity contribution is 6.13. The molecule has 8 heteroatoms. The van der Waals surface area contributed by atoms with Crippen LogP contribution >= 0.6 is 0 Å². The van der Waals surface area contributed by atoms with E-state index in [1.54, 1.807) is 48.5 Å². The van der Waals surface area contributed by atoms with Crippen molar-refractivity contribution < 1.29 is 19.4 Å². The second-order valence-electron chi connectivity index (χ2n) is 6.39. The molecule has 0 saturated heterocycles. The summed E-state index contributed by atoms with van der Waals surface area (Å²) in [6.07, 6.45) is 1.26. The smallest absolute Gasteiger partial charge is 0.316 e. The van der Waals surface area contributed by atoms with Crippen LogP contribution in [0, 0.1) is 0 Å². The number of carbonyl (C=O) groups excluding carboxylic acids is 1. The molecule has 8 nitrogen and oxygen atoms in total. The summed E-state index contributed by atoms with van der Waals surface area (Å²) in [7, 11) is 1.45. The number of nitrogens with one attached hydrogen (secondary N) is 1. The standard InChI is InChI=1S/C19H20N4O4/c1-27-15-8-3-2-7-14(15)18(17(25)26)10-19(18,20)16(24)12-5-4-6-13(9-12)22-11-23-21/h2-9,11H,10,20-21H2,1H3,(H,22,23)(H,25,26). The fourth-order valence-corrected chi connectivity index (χ4v) is 3.48. The molecule has 1 fully saturated rings. The minimum Gasteiger partial charge on any atom is -0.496 e. The quantitative estimate of drug-likeness (QED) is 0.190. The lowest BCUT2D eigenvalue weighted by Crippen LogP contribution is -2.45. The number of Topliss-reactive ketones (excluding diaryl/α,β-unsaturated/α-hetero) is 1. The highest BCUT2D eigenvalue weighted by Crippen LogP contribution is 2.59. The van der Waals surface area contributed by atoms with Crippen molar-refractivity contribution in [3.05, 3.63) is 59.7 Å². The van der Waals surface area contributed by atoms with Crippen molar-refractivity contribution in [3.8, 4) is 5.75 Å². The van der Waals surface area contributed by atoms with Crippen LogP contribution < -0.4 is 21.6 Å². The molecule has 0 spiro atoms. The number of hydrogen-bond donors (Lipinski definition) is 4. The second kappa shape index (κ2) is 6.73. The van der Waals surface area contributed by atoms with E-state index in [0.29, 0.717) is 22.6 Å². The van der Waals surface area contributed by atoms with Crippen LogP contribution in [0.4, 0.5) is 5.69 Å². The zero-order valence-corrected chi connectivity index (χ0v) is 14.7. The third-order valence-corrected chi connectivity index (χ3v) is 4.95. The number of rotatable bonds is 7. The zero-order valence-electron chi connectivity index (χ0n) is 14.7. The van der Waals surface area contributed by atoms with E-state index in [9.17, 15) is 14.7 Å². The number of ketones is 1. The molecule has 3 rings (SSSR count). The van der Waals surface area contributed by atoms with Gasteiger partial charge in [0.05, 0.1) is 7.11 Å². The second-order valence-corrected chi connectivity index (χ2v) is 6.39. The van der Waals surface area contributed by atoms with E-state index in [1.807, 2.05) is 0 Å². The van der Waals surface area contributed by atoms with Gasteiger partial charge in [-0.25, -0.2) is 0 Å². The number of methoxy groups -OCH3 is 1. The molecule has 1 saturated carbocycles. The lowest BCUT2D eigenvalue weighted by molar-refractivity contribution is -0.140. The minimum atomic E-state index is -1.58. The molecule has 2 atom stereocenters. The Morgan fingerprint density at radius 1 is 1.26 bits per heavy atom. The number of carboxylic acids is 1. The maximum atomic E-state index is 13.1. The first-order chi connectivity index (χ1) is 12.9. The van der Waals surface area contributed by atoms with Crippen molar-refractivity contribution in [1.29, 1.82) is 0 Å². The van der Waals surface area contributed by atoms with Crippen molar-refractivity contribution in [2.45, 2.75) is 17.4 Å². The molecule has 1 aliphatic carbocycles. The SMILES string of the molecule is COc1ccccc1C1(C(=O)O)CC1(N)C(=O)c1cccc(NC=NN)c1. The molecule has 0 amide bonds. The summed E-state index contributed by atoms with van der Waals surface area (Å²) in [4.78, 5) is 25.3. The number of nitrogens with two attached hydrogens (primary N) is 2. The van der Waals surface area contributed by atoms with Crippen LogP contribution in [0.2, 0.25) is 0 Å². The molecule has 0 radical (unpaired) electrons. The zero-order chi connectivity index (χ0) is 19.7. The van der Waals surface area contributed by atoms with Gasteiger partial charge in [-0.2, -0.15) is 5.10 Å². The highest BCUT2D eigenvalue weighted by atomic mass is 16.5. The predicted molar refractivity (Wildman–Crippen MR) is 101 cm³/mol. The monoisotopic (exact) mass is 368 g/mol. The summed E-state index contributed by atoms with van der Waals surface area (Å²) in [5, 5.41) is 16.1. The number of carbonyl (C=O) groups is 2. The van der Waals surface area contributed by atoms with E-state index in [2.05, 4.69) is 10.4 Å². The molecular weight excluding hydrogens is 348 g/mol. The summed E-state index contributed by atoms with van der Waals surface area (Å²) < 4.78 is 5.30. The van der Waals surface area contributed by atoms with Gasteiger partial charge in [0.15, 0.2) is 5.78 Å². The molecule has 0 heterocycles. The largest absolute Gasteiger partial charge is 0.496 e. The third-order valence-electron chi connectivity index (χ3n) is 4.95. The number of anilines is 1. The van der Waals surface area contributed by atoms with Crippen LogP contribution in [0.15, 0.2) is 53.6 Å². The number of hydrazone groups is 1. The van der Waals surface area contributed by atoms with Gasteiger partial charge in [0, 0.05) is 16.8 Å². The summed E-state index contributed by atoms with van der Waals surface area (Å²) >= 11 is 0. The van der Waals surface area contributed by atoms with Crippen LogP contribution in [-0.4, -0.2) is 35.8 Å². The van der Waals surface area contributed by atoms with Crippen molar-refractivity contribution >= 4 is 23.8 Å². The third kappa shape index (κ3) is 2.80. The van der Waals surface area contributed by atoms with Gasteiger partial charge < -0.3 is 26.7 Å². The summed E-state index contributed by atoms with van der Waals surface area (Å²) in [5.74, 6) is 3.83. The molecule has 0 aliphatic heterocycles. The molecule has 2 aromatic carbocycles. The number of benzene rings is 2. The van der Waals surface area contributed by atoms with Gasteiger partial charge in [-0.05, 0) is 24.6 Å². The Morgan fingerprint density at radius 3 is 2.67 bits per heavy atom. The Bertz CT molecular complexity index is 929. The Kier molecular flexibility index (Phi) is 4.59. The summed E-state index contributed by atoms with van der Waals surface area (Å²) in [6.45, 7) is 0. The maximum Gasteiger partial charge on any atom is 0.316 e. The van der Waals surface area contributed by atoms with Crippen LogP contribution in [0.25, 0.3) is 0 Å². The van der Waals surface area contributed by atoms with Gasteiger partial charge in [-0.1, -0.05) is 30.3 Å². The summed E-state index contributed by atoms with van der Waals surface area (Å²) in [5.41, 5.74) is 4.50. The Balaban J connectivity index is 2.01. The van der Waals surface area contributed by atoms with Crippen molar-refractivity contribution in [3.63, 3.8) is 0 Å². The van der Waals surface area contributed by atoms with Gasteiger partial charge in [0.25, 0.3) is 0 Å². The number of ether oxygens (including phenoxy) is 1. The lowest BCUT2D eigenvalue weighted by Gasteiger charge is -2.21. The number of carboxylic acid groups (broad SMARTS) is 1. The number of aliphatic carboxylic acids is 1. The minimum absolute atomic E-state index is 0.0174. The molecule has 0 bridgehead atoms. The Hall–Kier alpha value is -3.39. The molecule has 140 valence electrons. The van der Waals surface area contributed by atoms with Crippen LogP contribution in [0.5, 0.6) is 5.75 Å². The number of para-hydroxylation sites is 1. The van der Waals surface area contributed by atoms with E-state index >= 15 is 0 Å². The molecular formula is C19H20N4O4. The van der Waals surface area contributed by atoms with E-state index in [4.69, 9.17) is 16.3 Å². The fourth-order valence-electron chi connectivity index (χ4n) is 3.48. The van der Waals surface area contributed by atoms with Crippen LogP contribution in [0.3, 0.4) is 0 Å². The average molecular weight is 368 g/mol. The van der Waals surface area contributed by atoms with Gasteiger partial charge >= 0.3 is 5.97 Å². The molecule has 0 aromatic heterocycles. The molecule has 27 heavy (non-hydrogen) atoms. The predicted octanol–water partition coefficient (Wildman–Crippen LogP) is 1.32. The maximum absolute atomic E-state index is 13.1. The van der Waals surface area contributed by atoms with E-state index in [0.717, 1.165) is 0 Å². The summed E-state index contributed by atoms with van der Waals surface area (Å²) in [6, 6.07) is 13.3. The average Bonchev–Trinajstić information content (AvgIpc) is 3.34. The van der Waals surface area contributed by atoms with Gasteiger partial charge in [0.2, 0.25) is 0 Å². The molecule has 1 aliphatic rings. The number of hydrogen-bond acceptors (Lipinski definition) is 6. The highest BCUT2D eigenvalue weighted by Gasteiger charge is 2.76. The van der Waals surface area contributed by atoms with Crippen molar-refractivity contribution in [1.82, 2.24) is 0 Å². The first kappa shape index (κ1) is 18.4. The fraction of sp³-hybridized carbons (Fsp3) is 0.211. The van der Waals surface area contributed by atoms with Gasteiger partial charge in [-0.3, -0.25) is 9.59 Å². The Morgan fingerprint density at radius 2 is 2.00 bits per heavy atom. The van der Waals surface area contributed by atoms with Gasteiger partial charge in [0.1, 0.15) is 23.0 Å². The molecule has 2 unspecified atom stereocenters. The normalized spacial score (nSPS) is 23.8. The number of nitrogens with zero attached hydrogens (tertiary/aromatic N) is 1. The molecule has 2 aromatic rings. The lowest BCUT2D eigenvalue weighted by atomic mass is 9.86. The van der Waals surface area contributed by atoms with E-state index < -0.39 is 22.7 Å². The van der Waals surface area contributed by atoms with Crippen molar-refractivity contribution in [2.75, 3.05) is 12.4 Å².